The molecule has 0 radical (unpaired) electrons. The van der Waals surface area contributed by atoms with E-state index in [0.717, 1.165) is 0 Å². The van der Waals surface area contributed by atoms with Crippen LogP contribution in [0.5, 0.6) is 5.75 Å². The van der Waals surface area contributed by atoms with E-state index in [9.17, 15) is 14.7 Å². The Morgan fingerprint density at radius 1 is 1.45 bits per heavy atom. The Hall–Kier alpha value is -1.56. The number of methoxy groups -OCH3 is 1. The molecular weight excluding hydrogens is 278 g/mol. The summed E-state index contributed by atoms with van der Waals surface area (Å²) >= 11 is 1.27. The largest absolute Gasteiger partial charge is 0.496 e. The molecule has 1 rings (SSSR count). The Labute approximate surface area is 123 Å². The average Bonchev–Trinajstić information content (AvgIpc) is 2.81. The lowest BCUT2D eigenvalue weighted by atomic mass is 9.84. The van der Waals surface area contributed by atoms with Crippen LogP contribution in [0.3, 0.4) is 0 Å². The molecular formula is C14H21NO4S. The van der Waals surface area contributed by atoms with Gasteiger partial charge in [-0.15, -0.1) is 11.3 Å². The second-order valence-corrected chi connectivity index (χ2v) is 6.77. The molecule has 0 saturated carbocycles. The molecule has 5 nitrogen and oxygen atoms in total. The van der Waals surface area contributed by atoms with Gasteiger partial charge in [-0.2, -0.15) is 0 Å². The van der Waals surface area contributed by atoms with Gasteiger partial charge in [0.1, 0.15) is 5.75 Å². The summed E-state index contributed by atoms with van der Waals surface area (Å²) in [4.78, 5) is 23.6. The second-order valence-electron chi connectivity index (χ2n) is 5.86. The number of aliphatic carboxylic acids is 1. The van der Waals surface area contributed by atoms with E-state index in [0.29, 0.717) is 17.0 Å². The molecule has 1 aromatic heterocycles. The number of carboxylic acids is 1. The lowest BCUT2D eigenvalue weighted by Crippen LogP contribution is -2.34. The van der Waals surface area contributed by atoms with Crippen molar-refractivity contribution in [2.45, 2.75) is 27.2 Å². The van der Waals surface area contributed by atoms with Crippen molar-refractivity contribution in [3.63, 3.8) is 0 Å². The van der Waals surface area contributed by atoms with Gasteiger partial charge < -0.3 is 15.2 Å². The van der Waals surface area contributed by atoms with Crippen LogP contribution in [0.4, 0.5) is 0 Å². The fraction of sp³-hybridized carbons (Fsp3) is 0.571. The monoisotopic (exact) mass is 299 g/mol. The van der Waals surface area contributed by atoms with Gasteiger partial charge in [0.25, 0.3) is 5.91 Å². The number of rotatable bonds is 6. The number of amides is 1. The van der Waals surface area contributed by atoms with Crippen LogP contribution in [-0.2, 0) is 4.79 Å². The van der Waals surface area contributed by atoms with Crippen LogP contribution in [0.1, 0.15) is 36.9 Å². The number of ether oxygens (including phenoxy) is 1. The Morgan fingerprint density at radius 2 is 2.10 bits per heavy atom. The first-order valence-electron chi connectivity index (χ1n) is 6.36. The highest BCUT2D eigenvalue weighted by molar-refractivity contribution is 7.12. The molecule has 0 spiro atoms. The minimum atomic E-state index is -0.885. The van der Waals surface area contributed by atoms with E-state index < -0.39 is 11.9 Å². The van der Waals surface area contributed by atoms with Crippen LogP contribution < -0.4 is 10.1 Å². The van der Waals surface area contributed by atoms with E-state index >= 15 is 0 Å². The predicted octanol–water partition coefficient (Wildman–Crippen LogP) is 2.62. The maximum Gasteiger partial charge on any atom is 0.308 e. The molecule has 1 amide bonds. The van der Waals surface area contributed by atoms with Crippen molar-refractivity contribution in [1.82, 2.24) is 5.32 Å². The van der Waals surface area contributed by atoms with Crippen molar-refractivity contribution in [2.75, 3.05) is 13.7 Å². The molecule has 0 aliphatic heterocycles. The zero-order chi connectivity index (χ0) is 15.3. The number of carboxylic acid groups (broad SMARTS) is 1. The second kappa shape index (κ2) is 6.74. The topological polar surface area (TPSA) is 75.6 Å². The molecule has 0 aliphatic carbocycles. The summed E-state index contributed by atoms with van der Waals surface area (Å²) in [5.74, 6) is -1.10. The SMILES string of the molecule is COc1csc(C(=O)NCC(CC(C)(C)C)C(=O)O)c1. The van der Waals surface area contributed by atoms with Gasteiger partial charge in [-0.25, -0.2) is 0 Å². The van der Waals surface area contributed by atoms with Crippen LogP contribution in [0.25, 0.3) is 0 Å². The molecule has 6 heteroatoms. The van der Waals surface area contributed by atoms with Gasteiger partial charge in [-0.3, -0.25) is 9.59 Å². The van der Waals surface area contributed by atoms with Gasteiger partial charge >= 0.3 is 5.97 Å². The zero-order valence-corrected chi connectivity index (χ0v) is 13.0. The summed E-state index contributed by atoms with van der Waals surface area (Å²) in [7, 11) is 1.54. The van der Waals surface area contributed by atoms with Gasteiger partial charge in [0.15, 0.2) is 0 Å². The minimum absolute atomic E-state index is 0.0973. The predicted molar refractivity (Wildman–Crippen MR) is 78.4 cm³/mol. The summed E-state index contributed by atoms with van der Waals surface area (Å²) < 4.78 is 5.01. The Bertz CT molecular complexity index is 476. The van der Waals surface area contributed by atoms with E-state index in [1.165, 1.54) is 18.4 Å². The molecule has 1 heterocycles. The highest BCUT2D eigenvalue weighted by Gasteiger charge is 2.25. The van der Waals surface area contributed by atoms with Crippen molar-refractivity contribution in [2.24, 2.45) is 11.3 Å². The standard InChI is InChI=1S/C14H21NO4S/c1-14(2,3)6-9(13(17)18)7-15-12(16)11-5-10(19-4)8-20-11/h5,8-9H,6-7H2,1-4H3,(H,15,16)(H,17,18). The zero-order valence-electron chi connectivity index (χ0n) is 12.2. The van der Waals surface area contributed by atoms with Gasteiger partial charge in [0.2, 0.25) is 0 Å². The number of hydrogen-bond acceptors (Lipinski definition) is 4. The van der Waals surface area contributed by atoms with Crippen molar-refractivity contribution in [3.8, 4) is 5.75 Å². The van der Waals surface area contributed by atoms with Crippen LogP contribution >= 0.6 is 11.3 Å². The van der Waals surface area contributed by atoms with E-state index in [1.54, 1.807) is 11.4 Å². The molecule has 0 aromatic carbocycles. The minimum Gasteiger partial charge on any atom is -0.496 e. The van der Waals surface area contributed by atoms with E-state index in [2.05, 4.69) is 5.32 Å². The maximum absolute atomic E-state index is 11.9. The summed E-state index contributed by atoms with van der Waals surface area (Å²) in [6.45, 7) is 6.07. The number of carbonyl (C=O) groups is 2. The summed E-state index contributed by atoms with van der Waals surface area (Å²) in [6, 6.07) is 1.64. The van der Waals surface area contributed by atoms with Crippen molar-refractivity contribution in [3.05, 3.63) is 16.3 Å². The lowest BCUT2D eigenvalue weighted by Gasteiger charge is -2.23. The fourth-order valence-corrected chi connectivity index (χ4v) is 2.60. The molecule has 0 fully saturated rings. The molecule has 2 N–H and O–H groups in total. The van der Waals surface area contributed by atoms with E-state index in [-0.39, 0.29) is 17.9 Å². The highest BCUT2D eigenvalue weighted by Crippen LogP contribution is 2.25. The molecule has 0 aliphatic rings. The molecule has 1 aromatic rings. The van der Waals surface area contributed by atoms with E-state index in [4.69, 9.17) is 4.74 Å². The number of carbonyl (C=O) groups excluding carboxylic acids is 1. The number of nitrogens with one attached hydrogen (secondary N) is 1. The quantitative estimate of drug-likeness (QED) is 0.846. The van der Waals surface area contributed by atoms with Gasteiger partial charge in [0, 0.05) is 18.0 Å². The Kier molecular flexibility index (Phi) is 5.56. The summed E-state index contributed by atoms with van der Waals surface area (Å²) in [6.07, 6.45) is 0.510. The molecule has 1 atom stereocenters. The third-order valence-corrected chi connectivity index (χ3v) is 3.66. The smallest absolute Gasteiger partial charge is 0.308 e. The third-order valence-electron chi connectivity index (χ3n) is 2.75. The first-order valence-corrected chi connectivity index (χ1v) is 7.24. The maximum atomic E-state index is 11.9. The Morgan fingerprint density at radius 3 is 2.55 bits per heavy atom. The summed E-state index contributed by atoms with van der Waals surface area (Å²) in [5, 5.41) is 13.6. The fourth-order valence-electron chi connectivity index (χ4n) is 1.83. The molecule has 20 heavy (non-hydrogen) atoms. The van der Waals surface area contributed by atoms with Gasteiger partial charge in [-0.05, 0) is 11.8 Å². The van der Waals surface area contributed by atoms with Gasteiger partial charge in [0.05, 0.1) is 17.9 Å². The lowest BCUT2D eigenvalue weighted by molar-refractivity contribution is -0.142. The molecule has 0 bridgehead atoms. The first kappa shape index (κ1) is 16.5. The van der Waals surface area contributed by atoms with Crippen molar-refractivity contribution in [1.29, 1.82) is 0 Å². The van der Waals surface area contributed by atoms with Gasteiger partial charge in [-0.1, -0.05) is 20.8 Å². The van der Waals surface area contributed by atoms with Crippen LogP contribution in [0.2, 0.25) is 0 Å². The van der Waals surface area contributed by atoms with Crippen LogP contribution in [0.15, 0.2) is 11.4 Å². The summed E-state index contributed by atoms with van der Waals surface area (Å²) in [5.41, 5.74) is -0.0973. The Balaban J connectivity index is 2.59. The highest BCUT2D eigenvalue weighted by atomic mass is 32.1. The number of thiophene rings is 1. The van der Waals surface area contributed by atoms with Crippen molar-refractivity contribution >= 4 is 23.2 Å². The molecule has 0 saturated heterocycles. The normalized spacial score (nSPS) is 12.8. The molecule has 112 valence electrons. The van der Waals surface area contributed by atoms with Crippen LogP contribution in [-0.4, -0.2) is 30.6 Å². The third kappa shape index (κ3) is 5.21. The van der Waals surface area contributed by atoms with Crippen molar-refractivity contribution < 1.29 is 19.4 Å². The average molecular weight is 299 g/mol. The molecule has 1 unspecified atom stereocenters. The van der Waals surface area contributed by atoms with Crippen LogP contribution in [0, 0.1) is 11.3 Å². The number of hydrogen-bond donors (Lipinski definition) is 2. The van der Waals surface area contributed by atoms with E-state index in [1.807, 2.05) is 20.8 Å². The first-order chi connectivity index (χ1) is 9.23.